The maximum absolute atomic E-state index is 13.4. The van der Waals surface area contributed by atoms with Crippen LogP contribution < -0.4 is 15.4 Å². The fourth-order valence-corrected chi connectivity index (χ4v) is 7.93. The van der Waals surface area contributed by atoms with Gasteiger partial charge in [-0.2, -0.15) is 0 Å². The minimum absolute atomic E-state index is 0.00679. The van der Waals surface area contributed by atoms with Crippen LogP contribution in [0.5, 0.6) is 5.75 Å². The summed E-state index contributed by atoms with van der Waals surface area (Å²) in [5.41, 5.74) is 3.80. The number of hydrogen-bond acceptors (Lipinski definition) is 8. The van der Waals surface area contributed by atoms with Crippen molar-refractivity contribution in [3.8, 4) is 5.75 Å². The molecule has 2 unspecified atom stereocenters. The molecule has 0 bridgehead atoms. The number of carbonyl (C=O) groups excluding carboxylic acids is 1. The number of aryl methyl sites for hydroxylation is 1. The molecule has 3 N–H and O–H groups in total. The first-order valence-electron chi connectivity index (χ1n) is 17.8. The highest BCUT2D eigenvalue weighted by Gasteiger charge is 2.37. The molecule has 6 rings (SSSR count). The Hall–Kier alpha value is -2.46. The molecule has 3 heterocycles. The smallest absolute Gasteiger partial charge is 0.223 e. The quantitative estimate of drug-likeness (QED) is 0.319. The molecule has 248 valence electrons. The van der Waals surface area contributed by atoms with Crippen molar-refractivity contribution < 1.29 is 19.1 Å². The number of benzene rings is 1. The molecule has 4 aliphatic rings. The lowest BCUT2D eigenvalue weighted by Crippen LogP contribution is -2.59. The summed E-state index contributed by atoms with van der Waals surface area (Å²) >= 11 is 0. The van der Waals surface area contributed by atoms with Crippen molar-refractivity contribution in [2.45, 2.75) is 134 Å². The lowest BCUT2D eigenvalue weighted by Gasteiger charge is -2.46. The van der Waals surface area contributed by atoms with Gasteiger partial charge in [0, 0.05) is 50.7 Å². The van der Waals surface area contributed by atoms with E-state index in [1.54, 1.807) is 6.20 Å². The number of aromatic nitrogens is 1. The molecule has 0 radical (unpaired) electrons. The Balaban J connectivity index is 0.972. The minimum Gasteiger partial charge on any atom is -0.486 e. The maximum atomic E-state index is 13.4. The van der Waals surface area contributed by atoms with Crippen molar-refractivity contribution in [1.29, 1.82) is 0 Å². The second-order valence-electron chi connectivity index (χ2n) is 14.1. The Morgan fingerprint density at radius 3 is 2.60 bits per heavy atom. The van der Waals surface area contributed by atoms with Gasteiger partial charge in [0.1, 0.15) is 12.4 Å². The van der Waals surface area contributed by atoms with E-state index in [1.165, 1.54) is 93.7 Å². The van der Waals surface area contributed by atoms with Gasteiger partial charge in [-0.1, -0.05) is 44.9 Å². The maximum Gasteiger partial charge on any atom is 0.223 e. The highest BCUT2D eigenvalue weighted by Crippen LogP contribution is 2.32. The van der Waals surface area contributed by atoms with Gasteiger partial charge in [0.05, 0.1) is 18.5 Å². The molecular weight excluding hydrogens is 566 g/mol. The first-order valence-corrected chi connectivity index (χ1v) is 17.8. The SMILES string of the molecule is Cc1cc(OCc2cnco2)cc2c1CN(C[C@@H](O)CNC(=O)C1CCN(C3CCCCCCCC3)C(NC3CCC3)C1)CC2. The Kier molecular flexibility index (Phi) is 11.5. The van der Waals surface area contributed by atoms with Crippen LogP contribution in [0.15, 0.2) is 29.1 Å². The zero-order valence-corrected chi connectivity index (χ0v) is 27.4. The summed E-state index contributed by atoms with van der Waals surface area (Å²) in [5, 5.41) is 18.1. The molecule has 3 fully saturated rings. The zero-order valence-electron chi connectivity index (χ0n) is 27.4. The van der Waals surface area contributed by atoms with Crippen molar-refractivity contribution in [2.24, 2.45) is 5.92 Å². The third-order valence-corrected chi connectivity index (χ3v) is 10.8. The number of carbonyl (C=O) groups is 1. The predicted molar refractivity (Wildman–Crippen MR) is 175 cm³/mol. The summed E-state index contributed by atoms with van der Waals surface area (Å²) in [7, 11) is 0. The van der Waals surface area contributed by atoms with Crippen LogP contribution in [0.2, 0.25) is 0 Å². The third kappa shape index (κ3) is 8.88. The zero-order chi connectivity index (χ0) is 31.0. The van der Waals surface area contributed by atoms with Crippen LogP contribution in [-0.4, -0.2) is 76.3 Å². The molecular formula is C36H55N5O4. The topological polar surface area (TPSA) is 103 Å². The number of β-amino-alcohol motifs (C(OH)–C–C–N with tert-alkyl or cyclic N) is 1. The van der Waals surface area contributed by atoms with Gasteiger partial charge in [-0.15, -0.1) is 0 Å². The molecule has 45 heavy (non-hydrogen) atoms. The number of nitrogens with one attached hydrogen (secondary N) is 2. The second-order valence-corrected chi connectivity index (χ2v) is 14.1. The number of ether oxygens (including phenoxy) is 1. The van der Waals surface area contributed by atoms with Gasteiger partial charge < -0.3 is 19.6 Å². The number of amides is 1. The number of likely N-dealkylation sites (tertiary alicyclic amines) is 1. The summed E-state index contributed by atoms with van der Waals surface area (Å²) in [5.74, 6) is 1.66. The highest BCUT2D eigenvalue weighted by atomic mass is 16.5. The lowest BCUT2D eigenvalue weighted by molar-refractivity contribution is -0.128. The van der Waals surface area contributed by atoms with E-state index >= 15 is 0 Å². The van der Waals surface area contributed by atoms with E-state index in [0.29, 0.717) is 43.7 Å². The Bertz CT molecular complexity index is 1210. The van der Waals surface area contributed by atoms with E-state index in [1.807, 2.05) is 0 Å². The summed E-state index contributed by atoms with van der Waals surface area (Å²) in [4.78, 5) is 22.4. The molecule has 1 aromatic heterocycles. The molecule has 2 aliphatic heterocycles. The van der Waals surface area contributed by atoms with Gasteiger partial charge in [0.2, 0.25) is 5.91 Å². The van der Waals surface area contributed by atoms with Gasteiger partial charge in [-0.3, -0.25) is 19.9 Å². The fourth-order valence-electron chi connectivity index (χ4n) is 7.93. The predicted octanol–water partition coefficient (Wildman–Crippen LogP) is 5.08. The number of oxazole rings is 1. The molecule has 1 aromatic carbocycles. The molecule has 2 aromatic rings. The number of aliphatic hydroxyl groups is 1. The first kappa shape index (κ1) is 32.5. The molecule has 1 saturated heterocycles. The van der Waals surface area contributed by atoms with Crippen molar-refractivity contribution in [1.82, 2.24) is 25.4 Å². The van der Waals surface area contributed by atoms with Crippen LogP contribution in [0.25, 0.3) is 0 Å². The Morgan fingerprint density at radius 2 is 1.87 bits per heavy atom. The summed E-state index contributed by atoms with van der Waals surface area (Å²) < 4.78 is 11.2. The van der Waals surface area contributed by atoms with Gasteiger partial charge in [0.25, 0.3) is 0 Å². The van der Waals surface area contributed by atoms with Crippen LogP contribution >= 0.6 is 0 Å². The summed E-state index contributed by atoms with van der Waals surface area (Å²) in [6, 6.07) is 5.45. The average Bonchev–Trinajstić information content (AvgIpc) is 3.59. The lowest BCUT2D eigenvalue weighted by atomic mass is 9.87. The van der Waals surface area contributed by atoms with Crippen LogP contribution in [0.3, 0.4) is 0 Å². The van der Waals surface area contributed by atoms with Gasteiger partial charge in [0.15, 0.2) is 12.2 Å². The van der Waals surface area contributed by atoms with Crippen molar-refractivity contribution in [3.05, 3.63) is 47.2 Å². The van der Waals surface area contributed by atoms with Crippen LogP contribution in [0, 0.1) is 12.8 Å². The summed E-state index contributed by atoms with van der Waals surface area (Å²) in [6.45, 7) is 6.00. The van der Waals surface area contributed by atoms with E-state index in [-0.39, 0.29) is 11.8 Å². The highest BCUT2D eigenvalue weighted by molar-refractivity contribution is 5.78. The van der Waals surface area contributed by atoms with Crippen LogP contribution in [0.1, 0.15) is 106 Å². The van der Waals surface area contributed by atoms with E-state index in [4.69, 9.17) is 9.15 Å². The molecule has 0 spiro atoms. The van der Waals surface area contributed by atoms with Crippen LogP contribution in [0.4, 0.5) is 0 Å². The number of hydrogen-bond donors (Lipinski definition) is 3. The fraction of sp³-hybridized carbons (Fsp3) is 0.722. The molecule has 9 heteroatoms. The average molecular weight is 622 g/mol. The second kappa shape index (κ2) is 15.9. The standard InChI is InChI=1S/C36H55N5O4/c1-26-17-32(44-24-33-21-37-25-45-33)18-27-13-15-40(23-34(26)27)22-31(42)20-38-36(43)28-14-16-41(35(19-28)39-29-9-8-10-29)30-11-6-4-2-3-5-7-12-30/h17-18,21,25,28-31,35,39,42H,2-16,19-20,22-24H2,1H3,(H,38,43)/t28?,31-,35?/m0/s1. The van der Waals surface area contributed by atoms with E-state index in [9.17, 15) is 9.90 Å². The number of aliphatic hydroxyl groups excluding tert-OH is 1. The van der Waals surface area contributed by atoms with Gasteiger partial charge >= 0.3 is 0 Å². The third-order valence-electron chi connectivity index (χ3n) is 10.8. The van der Waals surface area contributed by atoms with Crippen molar-refractivity contribution in [3.63, 3.8) is 0 Å². The van der Waals surface area contributed by atoms with E-state index in [2.05, 4.69) is 44.5 Å². The van der Waals surface area contributed by atoms with Crippen LogP contribution in [-0.2, 0) is 24.4 Å². The normalized spacial score (nSPS) is 24.9. The number of fused-ring (bicyclic) bond motifs is 1. The van der Waals surface area contributed by atoms with Gasteiger partial charge in [-0.05, 0) is 80.7 Å². The first-order chi connectivity index (χ1) is 22.0. The Morgan fingerprint density at radius 1 is 1.07 bits per heavy atom. The molecule has 2 aliphatic carbocycles. The van der Waals surface area contributed by atoms with Crippen molar-refractivity contribution >= 4 is 5.91 Å². The molecule has 3 atom stereocenters. The van der Waals surface area contributed by atoms with E-state index < -0.39 is 6.10 Å². The molecule has 2 saturated carbocycles. The molecule has 1 amide bonds. The minimum atomic E-state index is -0.594. The number of rotatable bonds is 11. The number of piperidine rings is 1. The molecule has 9 nitrogen and oxygen atoms in total. The van der Waals surface area contributed by atoms with Gasteiger partial charge in [-0.25, -0.2) is 4.98 Å². The Labute approximate surface area is 269 Å². The largest absolute Gasteiger partial charge is 0.486 e. The van der Waals surface area contributed by atoms with E-state index in [0.717, 1.165) is 44.6 Å². The van der Waals surface area contributed by atoms with Crippen molar-refractivity contribution in [2.75, 3.05) is 26.2 Å². The summed E-state index contributed by atoms with van der Waals surface area (Å²) in [6.07, 6.45) is 20.1. The monoisotopic (exact) mass is 621 g/mol. The number of nitrogens with zero attached hydrogens (tertiary/aromatic N) is 3.